The number of rotatable bonds is 15. The molecule has 0 aliphatic heterocycles. The predicted octanol–water partition coefficient (Wildman–Crippen LogP) is 0.246. The predicted molar refractivity (Wildman–Crippen MR) is 131 cm³/mol. The third-order valence-electron chi connectivity index (χ3n) is 4.86. The third kappa shape index (κ3) is 14.7. The van der Waals surface area contributed by atoms with Crippen LogP contribution in [0.1, 0.15) is 62.3 Å². The van der Waals surface area contributed by atoms with Crippen molar-refractivity contribution in [3.05, 3.63) is 0 Å². The molecule has 0 fully saturated rings. The molecule has 0 saturated carbocycles. The van der Waals surface area contributed by atoms with E-state index < -0.39 is 96.4 Å². The van der Waals surface area contributed by atoms with E-state index in [9.17, 15) is 38.4 Å². The van der Waals surface area contributed by atoms with Crippen molar-refractivity contribution in [2.24, 2.45) is 5.92 Å². The van der Waals surface area contributed by atoms with Crippen LogP contribution in [0.4, 0.5) is 0 Å². The first-order valence-electron chi connectivity index (χ1n) is 12.4. The van der Waals surface area contributed by atoms with Gasteiger partial charge in [0.25, 0.3) is 0 Å². The van der Waals surface area contributed by atoms with Crippen LogP contribution in [0.15, 0.2) is 0 Å². The van der Waals surface area contributed by atoms with Gasteiger partial charge in [0.2, 0.25) is 0 Å². The molecule has 42 heavy (non-hydrogen) atoms. The Balaban J connectivity index is 0. The Morgan fingerprint density at radius 2 is 0.524 bits per heavy atom. The summed E-state index contributed by atoms with van der Waals surface area (Å²) >= 11 is 0. The first kappa shape index (κ1) is 41.0. The Bertz CT molecular complexity index is 1010. The van der Waals surface area contributed by atoms with Gasteiger partial charge in [-0.25, -0.2) is 33.6 Å². The van der Waals surface area contributed by atoms with Crippen LogP contribution >= 0.6 is 0 Å². The Morgan fingerprint density at radius 1 is 0.357 bits per heavy atom. The first-order valence-corrected chi connectivity index (χ1v) is 12.4. The van der Waals surface area contributed by atoms with Gasteiger partial charge in [-0.3, -0.25) is 4.79 Å². The quantitative estimate of drug-likeness (QED) is 0.181. The molecule has 1 radical (unpaired) electrons. The molecule has 0 unspecified atom stereocenters. The summed E-state index contributed by atoms with van der Waals surface area (Å²) in [7, 11) is 0. The second-order valence-electron chi connectivity index (χ2n) is 9.05. The number of esters is 7. The van der Waals surface area contributed by atoms with Crippen LogP contribution in [0.25, 0.3) is 0 Å². The van der Waals surface area contributed by atoms with Gasteiger partial charge in [0.1, 0.15) is 0 Å². The van der Waals surface area contributed by atoms with E-state index in [1.807, 2.05) is 0 Å². The second-order valence-corrected chi connectivity index (χ2v) is 9.05. The molecule has 0 heterocycles. The second kappa shape index (κ2) is 19.1. The SMILES string of the molecule is CC(C)C(=O)O[C@@H](C)C(=O)O[C@@H](C)C(=O)O[C@@H](C)C(=O)O[C@@H](C)C(=O)O[C@@H](C)C(=O)O[C@@H](C)C(=O)O[C@@H](C)C(=O)O.[Y]. The van der Waals surface area contributed by atoms with Crippen molar-refractivity contribution >= 4 is 47.8 Å². The molecule has 16 nitrogen and oxygen atoms in total. The number of aliphatic carboxylic acids is 1. The van der Waals surface area contributed by atoms with Crippen LogP contribution in [-0.2, 0) is 104 Å². The van der Waals surface area contributed by atoms with Crippen LogP contribution in [0.3, 0.4) is 0 Å². The van der Waals surface area contributed by atoms with Crippen molar-refractivity contribution in [2.45, 2.75) is 105 Å². The number of hydrogen-bond donors (Lipinski definition) is 1. The van der Waals surface area contributed by atoms with Crippen LogP contribution in [-0.4, -0.2) is 95.6 Å². The molecule has 0 aromatic rings. The Labute approximate surface area is 267 Å². The van der Waals surface area contributed by atoms with Gasteiger partial charge in [0.05, 0.1) is 5.92 Å². The fourth-order valence-electron chi connectivity index (χ4n) is 2.27. The minimum absolute atomic E-state index is 0. The fourth-order valence-corrected chi connectivity index (χ4v) is 2.27. The minimum atomic E-state index is -1.58. The van der Waals surface area contributed by atoms with Crippen molar-refractivity contribution in [3.63, 3.8) is 0 Å². The molecule has 1 N–H and O–H groups in total. The van der Waals surface area contributed by atoms with Gasteiger partial charge in [-0.2, -0.15) is 0 Å². The summed E-state index contributed by atoms with van der Waals surface area (Å²) in [6, 6.07) is 0. The summed E-state index contributed by atoms with van der Waals surface area (Å²) in [5.41, 5.74) is 0. The Hall–Kier alpha value is -3.14. The molecule has 0 aromatic heterocycles. The van der Waals surface area contributed by atoms with Gasteiger partial charge < -0.3 is 38.3 Å². The maximum Gasteiger partial charge on any atom is 0.347 e. The number of carbonyl (C=O) groups excluding carboxylic acids is 7. The summed E-state index contributed by atoms with van der Waals surface area (Å²) in [6.07, 6.45) is -10.5. The molecule has 0 rings (SSSR count). The zero-order valence-corrected chi connectivity index (χ0v) is 27.6. The van der Waals surface area contributed by atoms with Gasteiger partial charge in [-0.15, -0.1) is 0 Å². The average Bonchev–Trinajstić information content (AvgIpc) is 2.87. The molecule has 0 aromatic carbocycles. The number of hydrogen-bond acceptors (Lipinski definition) is 15. The van der Waals surface area contributed by atoms with Crippen molar-refractivity contribution in [1.29, 1.82) is 0 Å². The van der Waals surface area contributed by atoms with Crippen LogP contribution in [0, 0.1) is 5.92 Å². The Kier molecular flexibility index (Phi) is 18.7. The molecule has 17 heteroatoms. The monoisotopic (exact) mass is 681 g/mol. The van der Waals surface area contributed by atoms with E-state index in [-0.39, 0.29) is 32.7 Å². The van der Waals surface area contributed by atoms with Crippen LogP contribution < -0.4 is 0 Å². The molecule has 0 amide bonds. The van der Waals surface area contributed by atoms with Gasteiger partial charge in [-0.05, 0) is 48.5 Å². The number of carboxylic acids is 1. The van der Waals surface area contributed by atoms with Gasteiger partial charge in [-0.1, -0.05) is 13.8 Å². The Morgan fingerprint density at radius 3 is 0.690 bits per heavy atom. The zero-order valence-electron chi connectivity index (χ0n) is 24.8. The maximum atomic E-state index is 12.3. The normalized spacial score (nSPS) is 15.5. The van der Waals surface area contributed by atoms with Gasteiger partial charge >= 0.3 is 47.8 Å². The molecule has 0 saturated heterocycles. The van der Waals surface area contributed by atoms with Gasteiger partial charge in [0.15, 0.2) is 42.7 Å². The molecule has 0 bridgehead atoms. The summed E-state index contributed by atoms with van der Waals surface area (Å²) in [5, 5.41) is 8.75. The third-order valence-corrected chi connectivity index (χ3v) is 4.86. The number of carboxylic acid groups (broad SMARTS) is 1. The average molecular weight is 681 g/mol. The van der Waals surface area contributed by atoms with Crippen molar-refractivity contribution in [2.75, 3.05) is 0 Å². The van der Waals surface area contributed by atoms with E-state index >= 15 is 0 Å². The van der Waals surface area contributed by atoms with Crippen molar-refractivity contribution < 1.29 is 109 Å². The van der Waals surface area contributed by atoms with E-state index in [2.05, 4.69) is 4.74 Å². The van der Waals surface area contributed by atoms with Crippen LogP contribution in [0.2, 0.25) is 0 Å². The number of ether oxygens (including phenoxy) is 7. The number of carbonyl (C=O) groups is 8. The van der Waals surface area contributed by atoms with E-state index in [1.165, 1.54) is 6.92 Å². The fraction of sp³-hybridized carbons (Fsp3) is 0.680. The molecule has 0 aliphatic rings. The minimum Gasteiger partial charge on any atom is -0.479 e. The summed E-state index contributed by atoms with van der Waals surface area (Å²) < 4.78 is 33.7. The van der Waals surface area contributed by atoms with E-state index in [0.29, 0.717) is 0 Å². The molecule has 0 aliphatic carbocycles. The molecular weight excluding hydrogens is 645 g/mol. The first-order chi connectivity index (χ1) is 18.8. The van der Waals surface area contributed by atoms with Crippen molar-refractivity contribution in [1.82, 2.24) is 0 Å². The molecule has 0 spiro atoms. The van der Waals surface area contributed by atoms with E-state index in [0.717, 1.165) is 41.5 Å². The van der Waals surface area contributed by atoms with E-state index in [4.69, 9.17) is 33.5 Å². The maximum absolute atomic E-state index is 12.3. The van der Waals surface area contributed by atoms with Crippen LogP contribution in [0.5, 0.6) is 0 Å². The standard InChI is InChI=1S/C25H36O16.Y/c1-10(2)19(28)36-12(4)21(30)38-14(6)23(32)40-16(8)25(34)41-17(9)24(33)39-15(7)22(31)37-13(5)20(29)35-11(3)18(26)27;/h10-17H,1-9H3,(H,26,27);/t11-,12-,13-,14-,15-,16-,17-;/m0./s1. The smallest absolute Gasteiger partial charge is 0.347 e. The molecule has 235 valence electrons. The van der Waals surface area contributed by atoms with Crippen molar-refractivity contribution in [3.8, 4) is 0 Å². The summed E-state index contributed by atoms with van der Waals surface area (Å²) in [4.78, 5) is 94.9. The summed E-state index contributed by atoms with van der Waals surface area (Å²) in [5.74, 6) is -9.42. The summed E-state index contributed by atoms with van der Waals surface area (Å²) in [6.45, 7) is 11.1. The topological polar surface area (TPSA) is 221 Å². The molecular formula is C25H36O16Y. The molecule has 7 atom stereocenters. The largest absolute Gasteiger partial charge is 0.479 e. The zero-order chi connectivity index (χ0) is 32.2. The van der Waals surface area contributed by atoms with Gasteiger partial charge in [0, 0.05) is 32.7 Å². The van der Waals surface area contributed by atoms with E-state index in [1.54, 1.807) is 13.8 Å².